The summed E-state index contributed by atoms with van der Waals surface area (Å²) in [4.78, 5) is 44.7. The molecule has 2 atom stereocenters. The van der Waals surface area contributed by atoms with Crippen LogP contribution in [0.1, 0.15) is 35.8 Å². The van der Waals surface area contributed by atoms with Crippen molar-refractivity contribution in [2.24, 2.45) is 0 Å². The molecule has 1 N–H and O–H groups in total. The zero-order valence-electron chi connectivity index (χ0n) is 23.4. The first-order valence-electron chi connectivity index (χ1n) is 13.1. The molecule has 0 aromatic heterocycles. The number of urea groups is 1. The summed E-state index contributed by atoms with van der Waals surface area (Å²) in [6.45, 7) is 5.35. The van der Waals surface area contributed by atoms with Gasteiger partial charge in [-0.3, -0.25) is 14.6 Å². The molecular formula is C29H35FN4O6. The van der Waals surface area contributed by atoms with Crippen LogP contribution in [-0.4, -0.2) is 92.7 Å². The highest BCUT2D eigenvalue weighted by Gasteiger charge is 2.39. The van der Waals surface area contributed by atoms with Crippen molar-refractivity contribution in [3.63, 3.8) is 0 Å². The van der Waals surface area contributed by atoms with Gasteiger partial charge in [0, 0.05) is 51.0 Å². The van der Waals surface area contributed by atoms with Crippen LogP contribution >= 0.6 is 0 Å². The third-order valence-corrected chi connectivity index (χ3v) is 7.23. The van der Waals surface area contributed by atoms with Crippen LogP contribution in [0.25, 0.3) is 0 Å². The number of esters is 1. The number of ether oxygens (including phenoxy) is 3. The van der Waals surface area contributed by atoms with Gasteiger partial charge in [0.15, 0.2) is 0 Å². The van der Waals surface area contributed by atoms with Crippen LogP contribution in [0, 0.1) is 5.82 Å². The predicted octanol–water partition coefficient (Wildman–Crippen LogP) is 3.20. The summed E-state index contributed by atoms with van der Waals surface area (Å²) >= 11 is 0. The largest absolute Gasteiger partial charge is 0.497 e. The molecule has 0 unspecified atom stereocenters. The van der Waals surface area contributed by atoms with Crippen molar-refractivity contribution in [2.75, 3.05) is 54.1 Å². The van der Waals surface area contributed by atoms with E-state index in [0.29, 0.717) is 48.0 Å². The highest BCUT2D eigenvalue weighted by atomic mass is 19.1. The molecule has 3 amide bonds. The van der Waals surface area contributed by atoms with Gasteiger partial charge in [0.25, 0.3) is 5.91 Å². The Bertz CT molecular complexity index is 1290. The smallest absolute Gasteiger partial charge is 0.338 e. The lowest BCUT2D eigenvalue weighted by atomic mass is 9.93. The zero-order valence-corrected chi connectivity index (χ0v) is 23.4. The van der Waals surface area contributed by atoms with Gasteiger partial charge >= 0.3 is 12.0 Å². The molecule has 2 aliphatic heterocycles. The summed E-state index contributed by atoms with van der Waals surface area (Å²) in [6.07, 6.45) is 0. The second-order valence-corrected chi connectivity index (χ2v) is 9.73. The highest BCUT2D eigenvalue weighted by Crippen LogP contribution is 2.35. The van der Waals surface area contributed by atoms with Crippen LogP contribution in [0.3, 0.4) is 0 Å². The third kappa shape index (κ3) is 5.89. The van der Waals surface area contributed by atoms with Crippen molar-refractivity contribution in [1.29, 1.82) is 0 Å². The van der Waals surface area contributed by atoms with E-state index in [9.17, 15) is 18.8 Å². The number of likely N-dealkylation sites (N-methyl/N-ethyl adjacent to an activating group) is 1. The second-order valence-electron chi connectivity index (χ2n) is 9.73. The first kappa shape index (κ1) is 28.9. The lowest BCUT2D eigenvalue weighted by molar-refractivity contribution is -0.139. The number of nitrogens with one attached hydrogen (secondary N) is 1. The number of carbonyl (C=O) groups is 3. The molecule has 1 saturated heterocycles. The van der Waals surface area contributed by atoms with Gasteiger partial charge < -0.3 is 24.4 Å². The summed E-state index contributed by atoms with van der Waals surface area (Å²) in [5, 5.41) is 2.91. The van der Waals surface area contributed by atoms with Crippen molar-refractivity contribution < 1.29 is 33.0 Å². The summed E-state index contributed by atoms with van der Waals surface area (Å²) < 4.78 is 30.5. The fraction of sp³-hybridized carbons (Fsp3) is 0.414. The Labute approximate surface area is 233 Å². The predicted molar refractivity (Wildman–Crippen MR) is 146 cm³/mol. The molecule has 0 bridgehead atoms. The first-order valence-corrected chi connectivity index (χ1v) is 13.1. The van der Waals surface area contributed by atoms with E-state index in [1.54, 1.807) is 49.2 Å². The first-order chi connectivity index (χ1) is 19.2. The average molecular weight is 555 g/mol. The lowest BCUT2D eigenvalue weighted by Crippen LogP contribution is -2.56. The van der Waals surface area contributed by atoms with E-state index in [1.807, 2.05) is 6.92 Å². The fourth-order valence-corrected chi connectivity index (χ4v) is 5.12. The Hall–Kier alpha value is -4.12. The Kier molecular flexibility index (Phi) is 8.93. The molecule has 2 aliphatic rings. The van der Waals surface area contributed by atoms with E-state index in [-0.39, 0.29) is 36.7 Å². The number of benzene rings is 2. The Morgan fingerprint density at radius 1 is 1.07 bits per heavy atom. The topological polar surface area (TPSA) is 101 Å². The highest BCUT2D eigenvalue weighted by molar-refractivity contribution is 5.96. The fourth-order valence-electron chi connectivity index (χ4n) is 5.12. The van der Waals surface area contributed by atoms with E-state index in [0.717, 1.165) is 0 Å². The summed E-state index contributed by atoms with van der Waals surface area (Å²) in [5.41, 5.74) is 1.44. The molecule has 4 rings (SSSR count). The molecule has 0 saturated carbocycles. The van der Waals surface area contributed by atoms with Gasteiger partial charge in [0.2, 0.25) is 0 Å². The van der Waals surface area contributed by atoms with Gasteiger partial charge in [-0.25, -0.2) is 14.0 Å². The molecule has 2 aromatic rings. The number of nitrogens with zero attached hydrogens (tertiary/aromatic N) is 3. The minimum Gasteiger partial charge on any atom is -0.497 e. The Morgan fingerprint density at radius 3 is 2.35 bits per heavy atom. The van der Waals surface area contributed by atoms with Crippen LogP contribution in [0.4, 0.5) is 9.18 Å². The van der Waals surface area contributed by atoms with Gasteiger partial charge in [-0.05, 0) is 43.7 Å². The number of rotatable bonds is 8. The van der Waals surface area contributed by atoms with Crippen molar-refractivity contribution in [3.05, 3.63) is 70.7 Å². The van der Waals surface area contributed by atoms with E-state index in [2.05, 4.69) is 10.2 Å². The second kappa shape index (κ2) is 12.4. The number of methoxy groups -OCH3 is 2. The summed E-state index contributed by atoms with van der Waals surface area (Å²) in [7, 11) is 4.65. The van der Waals surface area contributed by atoms with Crippen LogP contribution in [0.15, 0.2) is 53.7 Å². The van der Waals surface area contributed by atoms with E-state index in [1.165, 1.54) is 31.3 Å². The van der Waals surface area contributed by atoms with Gasteiger partial charge in [-0.2, -0.15) is 0 Å². The van der Waals surface area contributed by atoms with Gasteiger partial charge in [-0.15, -0.1) is 0 Å². The molecular weight excluding hydrogens is 519 g/mol. The van der Waals surface area contributed by atoms with Gasteiger partial charge in [0.1, 0.15) is 17.3 Å². The van der Waals surface area contributed by atoms with Crippen LogP contribution in [0.2, 0.25) is 0 Å². The molecule has 0 radical (unpaired) electrons. The number of hydrogen-bond acceptors (Lipinski definition) is 7. The monoisotopic (exact) mass is 554 g/mol. The van der Waals surface area contributed by atoms with Crippen LogP contribution < -0.4 is 14.8 Å². The number of piperazine rings is 1. The minimum absolute atomic E-state index is 0.0374. The molecule has 10 nitrogen and oxygen atoms in total. The quantitative estimate of drug-likeness (QED) is 0.500. The molecule has 40 heavy (non-hydrogen) atoms. The molecule has 2 heterocycles. The van der Waals surface area contributed by atoms with Crippen LogP contribution in [-0.2, 0) is 9.53 Å². The van der Waals surface area contributed by atoms with Gasteiger partial charge in [-0.1, -0.05) is 12.1 Å². The Morgan fingerprint density at radius 2 is 1.75 bits per heavy atom. The third-order valence-electron chi connectivity index (χ3n) is 7.23. The molecule has 11 heteroatoms. The maximum atomic E-state index is 14.3. The maximum absolute atomic E-state index is 14.3. The minimum atomic E-state index is -0.803. The van der Waals surface area contributed by atoms with Crippen molar-refractivity contribution in [2.45, 2.75) is 25.9 Å². The normalized spacial score (nSPS) is 19.8. The SMILES string of the molecule is CCOC(=O)C1=C(CN2CCN(C(=O)c3ccccc3F)[C@@H](C)C2)N(C)C(=O)N[C@H]1c1cc(OC)cc(OC)c1. The lowest BCUT2D eigenvalue weighted by Gasteiger charge is -2.42. The maximum Gasteiger partial charge on any atom is 0.338 e. The molecule has 0 spiro atoms. The van der Waals surface area contributed by atoms with Crippen LogP contribution in [0.5, 0.6) is 11.5 Å². The Balaban J connectivity index is 1.65. The molecule has 1 fully saturated rings. The summed E-state index contributed by atoms with van der Waals surface area (Å²) in [6, 6.07) is 9.72. The van der Waals surface area contributed by atoms with Crippen molar-refractivity contribution in [1.82, 2.24) is 20.0 Å². The van der Waals surface area contributed by atoms with E-state index >= 15 is 0 Å². The van der Waals surface area contributed by atoms with Crippen molar-refractivity contribution in [3.8, 4) is 11.5 Å². The van der Waals surface area contributed by atoms with Gasteiger partial charge in [0.05, 0.1) is 38.0 Å². The van der Waals surface area contributed by atoms with E-state index < -0.39 is 17.8 Å². The average Bonchev–Trinajstić information content (AvgIpc) is 2.95. The molecule has 2 aromatic carbocycles. The molecule has 0 aliphatic carbocycles. The number of hydrogen-bond donors (Lipinski definition) is 1. The van der Waals surface area contributed by atoms with E-state index in [4.69, 9.17) is 14.2 Å². The number of carbonyl (C=O) groups excluding carboxylic acids is 3. The van der Waals surface area contributed by atoms with Crippen molar-refractivity contribution >= 4 is 17.9 Å². The number of halogens is 1. The molecule has 214 valence electrons. The summed E-state index contributed by atoms with van der Waals surface area (Å²) in [5.74, 6) is -0.439. The zero-order chi connectivity index (χ0) is 29.0. The number of amides is 3. The standard InChI is InChI=1S/C29H35FN4O6/c1-6-40-28(36)25-24(32(3)29(37)31-26(25)19-13-20(38-4)15-21(14-19)39-5)17-33-11-12-34(18(2)16-33)27(35)22-9-7-8-10-23(22)30/h7-10,13-15,18,26H,6,11-12,16-17H2,1-5H3,(H,31,37)/t18-,26-/m0/s1.